The van der Waals surface area contributed by atoms with Gasteiger partial charge in [0.25, 0.3) is 0 Å². The van der Waals surface area contributed by atoms with Crippen molar-refractivity contribution in [3.8, 4) is 0 Å². The van der Waals surface area contributed by atoms with Gasteiger partial charge in [0.05, 0.1) is 6.54 Å². The molecule has 106 valence electrons. The Morgan fingerprint density at radius 3 is 2.84 bits per heavy atom. The highest BCUT2D eigenvalue weighted by atomic mass is 16.5. The average Bonchev–Trinajstić information content (AvgIpc) is 2.82. The van der Waals surface area contributed by atoms with Crippen LogP contribution in [0.2, 0.25) is 0 Å². The zero-order chi connectivity index (χ0) is 13.1. The van der Waals surface area contributed by atoms with Gasteiger partial charge >= 0.3 is 0 Å². The highest BCUT2D eigenvalue weighted by Crippen LogP contribution is 2.17. The number of aromatic nitrogens is 2. The van der Waals surface area contributed by atoms with E-state index in [0.717, 1.165) is 63.3 Å². The van der Waals surface area contributed by atoms with Gasteiger partial charge in [0.1, 0.15) is 0 Å². The summed E-state index contributed by atoms with van der Waals surface area (Å²) < 4.78 is 5.28. The third-order valence-corrected chi connectivity index (χ3v) is 3.95. The number of aryl methyl sites for hydroxylation is 1. The van der Waals surface area contributed by atoms with Crippen molar-refractivity contribution in [2.24, 2.45) is 0 Å². The van der Waals surface area contributed by atoms with Gasteiger partial charge in [-0.2, -0.15) is 4.98 Å². The van der Waals surface area contributed by atoms with E-state index < -0.39 is 0 Å². The van der Waals surface area contributed by atoms with Gasteiger partial charge in [-0.3, -0.25) is 9.80 Å². The van der Waals surface area contributed by atoms with Gasteiger partial charge in [0.15, 0.2) is 5.82 Å². The zero-order valence-corrected chi connectivity index (χ0v) is 11.6. The minimum atomic E-state index is 0.722. The van der Waals surface area contributed by atoms with Crippen molar-refractivity contribution >= 4 is 0 Å². The predicted molar refractivity (Wildman–Crippen MR) is 71.8 cm³/mol. The first-order chi connectivity index (χ1) is 9.35. The van der Waals surface area contributed by atoms with Gasteiger partial charge in [0.2, 0.25) is 5.89 Å². The molecule has 2 aliphatic heterocycles. The minimum Gasteiger partial charge on any atom is -0.338 e. The average molecular weight is 265 g/mol. The summed E-state index contributed by atoms with van der Waals surface area (Å²) in [5.41, 5.74) is 0. The van der Waals surface area contributed by atoms with E-state index in [1.54, 1.807) is 0 Å². The molecule has 0 unspecified atom stereocenters. The second-order valence-electron chi connectivity index (χ2n) is 5.49. The van der Waals surface area contributed by atoms with Crippen LogP contribution in [0.4, 0.5) is 0 Å². The lowest BCUT2D eigenvalue weighted by atomic mass is 10.1. The Labute approximate surface area is 114 Å². The summed E-state index contributed by atoms with van der Waals surface area (Å²) >= 11 is 0. The van der Waals surface area contributed by atoms with Crippen LogP contribution in [0.3, 0.4) is 0 Å². The van der Waals surface area contributed by atoms with E-state index in [-0.39, 0.29) is 0 Å². The molecule has 0 aliphatic carbocycles. The lowest BCUT2D eigenvalue weighted by molar-refractivity contribution is 0.0165. The molecule has 2 aliphatic rings. The van der Waals surface area contributed by atoms with Crippen molar-refractivity contribution in [1.29, 1.82) is 0 Å². The lowest BCUT2D eigenvalue weighted by Gasteiger charge is -2.46. The Balaban J connectivity index is 1.42. The zero-order valence-electron chi connectivity index (χ0n) is 11.6. The fraction of sp³-hybridized carbons (Fsp3) is 0.846. The van der Waals surface area contributed by atoms with Crippen LogP contribution < -0.4 is 5.32 Å². The van der Waals surface area contributed by atoms with Crippen LogP contribution in [0.15, 0.2) is 4.52 Å². The van der Waals surface area contributed by atoms with Crippen LogP contribution >= 0.6 is 0 Å². The summed E-state index contributed by atoms with van der Waals surface area (Å²) in [5.74, 6) is 1.61. The van der Waals surface area contributed by atoms with Gasteiger partial charge in [-0.15, -0.1) is 0 Å². The van der Waals surface area contributed by atoms with Crippen LogP contribution in [-0.2, 0) is 13.0 Å². The molecule has 0 radical (unpaired) electrons. The Bertz CT molecular complexity index is 395. The van der Waals surface area contributed by atoms with Gasteiger partial charge in [-0.25, -0.2) is 0 Å². The van der Waals surface area contributed by atoms with E-state index >= 15 is 0 Å². The molecule has 0 bridgehead atoms. The van der Waals surface area contributed by atoms with Crippen LogP contribution in [0, 0.1) is 0 Å². The molecule has 19 heavy (non-hydrogen) atoms. The summed E-state index contributed by atoms with van der Waals surface area (Å²) in [6.07, 6.45) is 1.97. The molecule has 0 amide bonds. The van der Waals surface area contributed by atoms with Gasteiger partial charge < -0.3 is 9.84 Å². The van der Waals surface area contributed by atoms with Gasteiger partial charge in [-0.05, 0) is 6.42 Å². The van der Waals surface area contributed by atoms with E-state index in [1.807, 2.05) is 0 Å². The molecule has 3 heterocycles. The second kappa shape index (κ2) is 5.98. The first-order valence-corrected chi connectivity index (χ1v) is 7.33. The Hall–Kier alpha value is -0.980. The topological polar surface area (TPSA) is 57.4 Å². The normalized spacial score (nSPS) is 22.6. The third-order valence-electron chi connectivity index (χ3n) is 3.95. The van der Waals surface area contributed by atoms with Crippen LogP contribution in [0.25, 0.3) is 0 Å². The smallest absolute Gasteiger partial charge is 0.240 e. The fourth-order valence-electron chi connectivity index (χ4n) is 2.82. The second-order valence-corrected chi connectivity index (χ2v) is 5.49. The number of piperazine rings is 1. The third kappa shape index (κ3) is 3.13. The molecule has 1 N–H and O–H groups in total. The monoisotopic (exact) mass is 265 g/mol. The molecule has 0 aromatic carbocycles. The molecule has 0 saturated carbocycles. The summed E-state index contributed by atoms with van der Waals surface area (Å²) in [6.45, 7) is 9.81. The molecule has 0 atom stereocenters. The summed E-state index contributed by atoms with van der Waals surface area (Å²) in [7, 11) is 0. The van der Waals surface area contributed by atoms with E-state index in [1.165, 1.54) is 13.1 Å². The largest absolute Gasteiger partial charge is 0.338 e. The standard InChI is InChI=1S/C13H23N5O/c1-2-3-12-15-13(19-16-12)10-17-8-11(9-17)18-6-4-14-5-7-18/h11,14H,2-10H2,1H3. The van der Waals surface area contributed by atoms with E-state index in [2.05, 4.69) is 32.2 Å². The maximum Gasteiger partial charge on any atom is 0.240 e. The predicted octanol–water partition coefficient (Wildman–Crippen LogP) is 0.112. The quantitative estimate of drug-likeness (QED) is 0.815. The first kappa shape index (κ1) is 13.0. The molecule has 0 spiro atoms. The summed E-state index contributed by atoms with van der Waals surface area (Å²) in [4.78, 5) is 9.39. The maximum absolute atomic E-state index is 5.28. The summed E-state index contributed by atoms with van der Waals surface area (Å²) in [6, 6.07) is 0.722. The van der Waals surface area contributed by atoms with Crippen LogP contribution in [-0.4, -0.2) is 65.3 Å². The number of nitrogens with one attached hydrogen (secondary N) is 1. The minimum absolute atomic E-state index is 0.722. The van der Waals surface area contributed by atoms with E-state index in [0.29, 0.717) is 0 Å². The Morgan fingerprint density at radius 2 is 2.11 bits per heavy atom. The Morgan fingerprint density at radius 1 is 1.32 bits per heavy atom. The van der Waals surface area contributed by atoms with Crippen molar-refractivity contribution in [2.45, 2.75) is 32.4 Å². The number of rotatable bonds is 5. The molecule has 2 saturated heterocycles. The SMILES string of the molecule is CCCc1noc(CN2CC(N3CCNCC3)C2)n1. The molecular weight excluding hydrogens is 242 g/mol. The van der Waals surface area contributed by atoms with Crippen molar-refractivity contribution in [2.75, 3.05) is 39.3 Å². The van der Waals surface area contributed by atoms with Gasteiger partial charge in [-0.1, -0.05) is 12.1 Å². The van der Waals surface area contributed by atoms with E-state index in [4.69, 9.17) is 4.52 Å². The number of nitrogens with zero attached hydrogens (tertiary/aromatic N) is 4. The molecule has 2 fully saturated rings. The van der Waals surface area contributed by atoms with E-state index in [9.17, 15) is 0 Å². The molecule has 6 nitrogen and oxygen atoms in total. The Kier molecular flexibility index (Phi) is 4.10. The van der Waals surface area contributed by atoms with Gasteiger partial charge in [0, 0.05) is 51.7 Å². The molecule has 6 heteroatoms. The highest BCUT2D eigenvalue weighted by molar-refractivity contribution is 4.93. The molecule has 3 rings (SSSR count). The fourth-order valence-corrected chi connectivity index (χ4v) is 2.82. The number of likely N-dealkylation sites (tertiary alicyclic amines) is 1. The van der Waals surface area contributed by atoms with Crippen molar-refractivity contribution in [3.63, 3.8) is 0 Å². The lowest BCUT2D eigenvalue weighted by Crippen LogP contribution is -2.62. The molecule has 1 aromatic heterocycles. The van der Waals surface area contributed by atoms with Crippen molar-refractivity contribution in [1.82, 2.24) is 25.3 Å². The van der Waals surface area contributed by atoms with Crippen molar-refractivity contribution < 1.29 is 4.52 Å². The first-order valence-electron chi connectivity index (χ1n) is 7.33. The van der Waals surface area contributed by atoms with Crippen LogP contribution in [0.5, 0.6) is 0 Å². The summed E-state index contributed by atoms with van der Waals surface area (Å²) in [5, 5.41) is 7.39. The molecular formula is C13H23N5O. The van der Waals surface area contributed by atoms with Crippen LogP contribution in [0.1, 0.15) is 25.1 Å². The van der Waals surface area contributed by atoms with Crippen molar-refractivity contribution in [3.05, 3.63) is 11.7 Å². The number of hydrogen-bond acceptors (Lipinski definition) is 6. The highest BCUT2D eigenvalue weighted by Gasteiger charge is 2.32. The molecule has 1 aromatic rings. The number of hydrogen-bond donors (Lipinski definition) is 1. The maximum atomic E-state index is 5.28.